The molecule has 0 bridgehead atoms. The largest absolute Gasteiger partial charge is 1.00 e. The van der Waals surface area contributed by atoms with Gasteiger partial charge in [0, 0.05) is 7.26 Å². The summed E-state index contributed by atoms with van der Waals surface area (Å²) in [4.78, 5) is 0. The lowest BCUT2D eigenvalue weighted by Crippen LogP contribution is -3.00. The van der Waals surface area contributed by atoms with Gasteiger partial charge in [0.15, 0.2) is 0 Å². The first-order valence-electron chi connectivity index (χ1n) is 9.09. The molecule has 0 rings (SSSR count). The lowest BCUT2D eigenvalue weighted by molar-refractivity contribution is -0.00000448. The lowest BCUT2D eigenvalue weighted by atomic mass is 10.3. The Hall–Kier alpha value is 0.910. The van der Waals surface area contributed by atoms with Gasteiger partial charge in [0.25, 0.3) is 0 Å². The molecule has 0 saturated heterocycles. The van der Waals surface area contributed by atoms with Crippen LogP contribution in [0.25, 0.3) is 0 Å². The van der Waals surface area contributed by atoms with Crippen molar-refractivity contribution >= 4 is 7.26 Å². The van der Waals surface area contributed by atoms with E-state index in [1.54, 1.807) is 24.6 Å². The van der Waals surface area contributed by atoms with E-state index in [0.29, 0.717) is 0 Å². The summed E-state index contributed by atoms with van der Waals surface area (Å²) in [6, 6.07) is 0. The summed E-state index contributed by atoms with van der Waals surface area (Å²) in [5.41, 5.74) is 0. The van der Waals surface area contributed by atoms with Crippen LogP contribution in [0.1, 0.15) is 91.9 Å². The van der Waals surface area contributed by atoms with Gasteiger partial charge in [-0.25, -0.2) is 0 Å². The second-order valence-corrected chi connectivity index (χ2v) is 10.8. The van der Waals surface area contributed by atoms with Gasteiger partial charge in [0.05, 0.1) is 24.6 Å². The molecule has 0 atom stereocenters. The minimum Gasteiger partial charge on any atom is -1.00 e. The second kappa shape index (κ2) is 16.3. The van der Waals surface area contributed by atoms with Crippen molar-refractivity contribution in [1.82, 2.24) is 0 Å². The van der Waals surface area contributed by atoms with Gasteiger partial charge >= 0.3 is 0 Å². The summed E-state index contributed by atoms with van der Waals surface area (Å²) in [7, 11) is -0.589. The molecule has 0 radical (unpaired) electrons. The van der Waals surface area contributed by atoms with Crippen molar-refractivity contribution in [2.75, 3.05) is 24.6 Å². The van der Waals surface area contributed by atoms with E-state index in [2.05, 4.69) is 27.7 Å². The topological polar surface area (TPSA) is 0 Å². The fourth-order valence-corrected chi connectivity index (χ4v) is 8.16. The Morgan fingerprint density at radius 1 is 0.450 bits per heavy atom. The Morgan fingerprint density at radius 3 is 1.05 bits per heavy atom. The lowest BCUT2D eigenvalue weighted by Gasteiger charge is -2.28. The smallest absolute Gasteiger partial charge is 0.0594 e. The molecule has 0 nitrogen and oxygen atoms in total. The van der Waals surface area contributed by atoms with Gasteiger partial charge in [0.1, 0.15) is 0 Å². The van der Waals surface area contributed by atoms with Crippen LogP contribution in [0.2, 0.25) is 0 Å². The van der Waals surface area contributed by atoms with E-state index >= 15 is 0 Å². The van der Waals surface area contributed by atoms with Crippen molar-refractivity contribution in [3.63, 3.8) is 0 Å². The molecule has 0 heterocycles. The number of rotatable bonds is 14. The molecule has 0 aliphatic rings. The maximum Gasteiger partial charge on any atom is 0.0594 e. The molecule has 0 aliphatic carbocycles. The molecule has 0 saturated carbocycles. The van der Waals surface area contributed by atoms with Crippen molar-refractivity contribution in [1.29, 1.82) is 0 Å². The molecule has 0 amide bonds. The van der Waals surface area contributed by atoms with Crippen LogP contribution >= 0.6 is 7.26 Å². The van der Waals surface area contributed by atoms with Crippen molar-refractivity contribution in [3.05, 3.63) is 0 Å². The van der Waals surface area contributed by atoms with Gasteiger partial charge in [-0.3, -0.25) is 0 Å². The van der Waals surface area contributed by atoms with Gasteiger partial charge in [-0.15, -0.1) is 0 Å². The monoisotopic (exact) mass is 366 g/mol. The van der Waals surface area contributed by atoms with Gasteiger partial charge in [-0.05, 0) is 25.7 Å². The summed E-state index contributed by atoms with van der Waals surface area (Å²) in [6.07, 6.45) is 21.0. The Labute approximate surface area is 141 Å². The minimum absolute atomic E-state index is 0. The highest BCUT2D eigenvalue weighted by Gasteiger charge is 2.34. The van der Waals surface area contributed by atoms with E-state index in [4.69, 9.17) is 0 Å². The number of hydrogen-bond donors (Lipinski definition) is 0. The average Bonchev–Trinajstić information content (AvgIpc) is 2.43. The van der Waals surface area contributed by atoms with Crippen LogP contribution in [0.5, 0.6) is 0 Å². The van der Waals surface area contributed by atoms with Crippen molar-refractivity contribution in [3.8, 4) is 0 Å². The third-order valence-electron chi connectivity index (χ3n) is 4.44. The Bertz CT molecular complexity index is 162. The molecule has 0 fully saturated rings. The maximum atomic E-state index is 2.37. The summed E-state index contributed by atoms with van der Waals surface area (Å²) in [5.74, 6) is 0. The molecule has 2 heteroatoms. The van der Waals surface area contributed by atoms with Gasteiger partial charge in [0.2, 0.25) is 0 Å². The molecular weight excluding hydrogens is 327 g/mol. The van der Waals surface area contributed by atoms with Crippen molar-refractivity contribution in [2.24, 2.45) is 0 Å². The third kappa shape index (κ3) is 11.6. The predicted octanol–water partition coefficient (Wildman–Crippen LogP) is 3.99. The van der Waals surface area contributed by atoms with Crippen LogP contribution in [-0.4, -0.2) is 24.6 Å². The Balaban J connectivity index is 0. The van der Waals surface area contributed by atoms with Crippen LogP contribution in [0, 0.1) is 0 Å². The second-order valence-electron chi connectivity index (χ2n) is 6.36. The summed E-state index contributed by atoms with van der Waals surface area (Å²) >= 11 is 0. The molecule has 0 aromatic carbocycles. The van der Waals surface area contributed by atoms with E-state index in [1.807, 2.05) is 0 Å². The van der Waals surface area contributed by atoms with E-state index in [1.165, 1.54) is 64.2 Å². The van der Waals surface area contributed by atoms with Crippen LogP contribution in [-0.2, 0) is 0 Å². The first kappa shape index (κ1) is 23.2. The van der Waals surface area contributed by atoms with Gasteiger partial charge < -0.3 is 17.0 Å². The van der Waals surface area contributed by atoms with Crippen molar-refractivity contribution < 1.29 is 17.0 Å². The zero-order valence-corrected chi connectivity index (χ0v) is 17.2. The highest BCUT2D eigenvalue weighted by Crippen LogP contribution is 2.61. The SMILES string of the molecule is CCCCC[P+](CCCC)(CCCC)CCCCC.[Br-]. The minimum atomic E-state index is -0.589. The maximum absolute atomic E-state index is 2.37. The van der Waals surface area contributed by atoms with E-state index in [-0.39, 0.29) is 17.0 Å². The standard InChI is InChI=1S/C18H40P.BrH/c1-5-9-13-17-19(15-11-7-3,16-12-8-4)18-14-10-6-2;/h5-18H2,1-4H3;1H/q+1;/p-1. The molecule has 0 aromatic heterocycles. The van der Waals surface area contributed by atoms with Crippen LogP contribution < -0.4 is 17.0 Å². The highest BCUT2D eigenvalue weighted by atomic mass is 79.9. The Kier molecular flexibility index (Phi) is 18.9. The molecule has 0 N–H and O–H groups in total. The number of halogens is 1. The predicted molar refractivity (Wildman–Crippen MR) is 95.3 cm³/mol. The summed E-state index contributed by atoms with van der Waals surface area (Å²) in [5, 5.41) is 0. The molecule has 0 aliphatic heterocycles. The Morgan fingerprint density at radius 2 is 0.750 bits per heavy atom. The zero-order chi connectivity index (χ0) is 14.4. The summed E-state index contributed by atoms with van der Waals surface area (Å²) < 4.78 is 0. The van der Waals surface area contributed by atoms with Crippen LogP contribution in [0.4, 0.5) is 0 Å². The van der Waals surface area contributed by atoms with Crippen LogP contribution in [0.15, 0.2) is 0 Å². The van der Waals surface area contributed by atoms with Crippen LogP contribution in [0.3, 0.4) is 0 Å². The fourth-order valence-electron chi connectivity index (χ4n) is 3.05. The van der Waals surface area contributed by atoms with E-state index in [0.717, 1.165) is 0 Å². The molecule has 0 aromatic rings. The number of unbranched alkanes of at least 4 members (excludes halogenated alkanes) is 6. The van der Waals surface area contributed by atoms with Crippen molar-refractivity contribution in [2.45, 2.75) is 91.9 Å². The first-order chi connectivity index (χ1) is 9.24. The first-order valence-corrected chi connectivity index (χ1v) is 11.6. The molecule has 0 unspecified atom stereocenters. The zero-order valence-electron chi connectivity index (χ0n) is 14.7. The molecule has 124 valence electrons. The average molecular weight is 367 g/mol. The molecular formula is C18H40BrP. The molecule has 0 spiro atoms. The normalized spacial score (nSPS) is 11.4. The molecule has 20 heavy (non-hydrogen) atoms. The van der Waals surface area contributed by atoms with E-state index in [9.17, 15) is 0 Å². The highest BCUT2D eigenvalue weighted by molar-refractivity contribution is 7.75. The van der Waals surface area contributed by atoms with E-state index < -0.39 is 7.26 Å². The third-order valence-corrected chi connectivity index (χ3v) is 9.50. The summed E-state index contributed by atoms with van der Waals surface area (Å²) in [6.45, 7) is 9.42. The fraction of sp³-hybridized carbons (Fsp3) is 1.00. The number of hydrogen-bond acceptors (Lipinski definition) is 0. The van der Waals surface area contributed by atoms with Gasteiger partial charge in [-0.2, -0.15) is 0 Å². The quantitative estimate of drug-likeness (QED) is 0.322. The van der Waals surface area contributed by atoms with Gasteiger partial charge in [-0.1, -0.05) is 66.2 Å².